The van der Waals surface area contributed by atoms with Crippen molar-refractivity contribution in [2.24, 2.45) is 5.41 Å². The number of nitrogens with zero attached hydrogens (tertiary/aromatic N) is 2. The normalized spacial score (nSPS) is 28.3. The SMILES string of the molecule is CC(C)(C)N1C(=O)NC(=O)[C@]2(Cc3c(Cl)cccc3N3CCC[C@@H]32)C1=O. The number of rotatable bonds is 0. The summed E-state index contributed by atoms with van der Waals surface area (Å²) in [4.78, 5) is 42.4. The minimum Gasteiger partial charge on any atom is -0.367 e. The van der Waals surface area contributed by atoms with Crippen molar-refractivity contribution in [1.29, 1.82) is 0 Å². The molecule has 1 N–H and O–H groups in total. The molecule has 0 bridgehead atoms. The molecule has 4 amide bonds. The van der Waals surface area contributed by atoms with E-state index >= 15 is 0 Å². The van der Waals surface area contributed by atoms with Gasteiger partial charge in [0.2, 0.25) is 11.8 Å². The maximum atomic E-state index is 13.6. The number of anilines is 1. The van der Waals surface area contributed by atoms with Crippen LogP contribution in [0.4, 0.5) is 10.5 Å². The number of benzene rings is 1. The number of carbonyl (C=O) groups excluding carboxylic acids is 3. The van der Waals surface area contributed by atoms with Crippen LogP contribution in [0.25, 0.3) is 0 Å². The second-order valence-electron chi connectivity index (χ2n) is 8.31. The molecule has 2 fully saturated rings. The van der Waals surface area contributed by atoms with Crippen molar-refractivity contribution in [3.05, 3.63) is 28.8 Å². The molecule has 6 nitrogen and oxygen atoms in total. The first-order valence-corrected chi connectivity index (χ1v) is 9.30. The molecule has 3 aliphatic heterocycles. The first-order chi connectivity index (χ1) is 12.2. The smallest absolute Gasteiger partial charge is 0.331 e. The molecule has 0 aromatic heterocycles. The molecule has 0 unspecified atom stereocenters. The summed E-state index contributed by atoms with van der Waals surface area (Å²) in [6.45, 7) is 6.15. The molecule has 2 atom stereocenters. The fourth-order valence-electron chi connectivity index (χ4n) is 4.67. The fourth-order valence-corrected chi connectivity index (χ4v) is 4.90. The van der Waals surface area contributed by atoms with E-state index in [1.165, 1.54) is 4.90 Å². The molecule has 0 aliphatic carbocycles. The van der Waals surface area contributed by atoms with E-state index in [4.69, 9.17) is 11.6 Å². The average Bonchev–Trinajstić information content (AvgIpc) is 3.02. The largest absolute Gasteiger partial charge is 0.367 e. The first kappa shape index (κ1) is 17.3. The Bertz CT molecular complexity index is 832. The van der Waals surface area contributed by atoms with Crippen LogP contribution in [0, 0.1) is 5.41 Å². The molecule has 0 saturated carbocycles. The highest BCUT2D eigenvalue weighted by Gasteiger charge is 2.64. The fraction of sp³-hybridized carbons (Fsp3) is 0.526. The van der Waals surface area contributed by atoms with Crippen molar-refractivity contribution >= 4 is 35.1 Å². The number of hydrogen-bond acceptors (Lipinski definition) is 4. The van der Waals surface area contributed by atoms with Gasteiger partial charge < -0.3 is 4.90 Å². The number of imide groups is 2. The lowest BCUT2D eigenvalue weighted by atomic mass is 9.68. The van der Waals surface area contributed by atoms with Crippen molar-refractivity contribution in [2.75, 3.05) is 11.4 Å². The van der Waals surface area contributed by atoms with Crippen molar-refractivity contribution in [3.63, 3.8) is 0 Å². The predicted octanol–water partition coefficient (Wildman–Crippen LogP) is 2.73. The van der Waals surface area contributed by atoms with E-state index in [1.54, 1.807) is 26.8 Å². The van der Waals surface area contributed by atoms with Crippen LogP contribution in [0.15, 0.2) is 18.2 Å². The Morgan fingerprint density at radius 2 is 1.96 bits per heavy atom. The van der Waals surface area contributed by atoms with Crippen LogP contribution in [0.2, 0.25) is 5.02 Å². The van der Waals surface area contributed by atoms with Gasteiger partial charge in [0.05, 0.1) is 6.04 Å². The molecule has 3 heterocycles. The third kappa shape index (κ3) is 2.14. The molecule has 0 radical (unpaired) electrons. The molecule has 1 aromatic carbocycles. The summed E-state index contributed by atoms with van der Waals surface area (Å²) < 4.78 is 0. The second kappa shape index (κ2) is 5.46. The Kier molecular flexibility index (Phi) is 3.64. The molecule has 1 spiro atoms. The van der Waals surface area contributed by atoms with Gasteiger partial charge in [-0.05, 0) is 51.3 Å². The molecular formula is C19H22ClN3O3. The Morgan fingerprint density at radius 1 is 1.23 bits per heavy atom. The van der Waals surface area contributed by atoms with Crippen molar-refractivity contribution in [2.45, 2.75) is 51.6 Å². The standard InChI is InChI=1S/C19H22ClN3O3/c1-18(2,3)23-16(25)19(15(24)21-17(23)26)10-11-12(20)6-4-7-13(11)22-9-5-8-14(19)22/h4,6-7,14H,5,8-10H2,1-3H3,(H,21,24,26)/t14-,19-/m1/s1. The summed E-state index contributed by atoms with van der Waals surface area (Å²) in [5.41, 5.74) is -0.251. The highest BCUT2D eigenvalue weighted by Crippen LogP contribution is 2.50. The lowest BCUT2D eigenvalue weighted by Crippen LogP contribution is -2.73. The molecule has 138 valence electrons. The molecule has 26 heavy (non-hydrogen) atoms. The van der Waals surface area contributed by atoms with Gasteiger partial charge in [0, 0.05) is 29.2 Å². The van der Waals surface area contributed by atoms with E-state index < -0.39 is 28.8 Å². The van der Waals surface area contributed by atoms with Crippen LogP contribution in [0.1, 0.15) is 39.2 Å². The van der Waals surface area contributed by atoms with Gasteiger partial charge in [-0.1, -0.05) is 17.7 Å². The Hall–Kier alpha value is -2.08. The van der Waals surface area contributed by atoms with Crippen molar-refractivity contribution in [3.8, 4) is 0 Å². The van der Waals surface area contributed by atoms with Crippen LogP contribution in [-0.4, -0.2) is 40.9 Å². The minimum atomic E-state index is -1.32. The third-order valence-electron chi connectivity index (χ3n) is 5.77. The topological polar surface area (TPSA) is 69.7 Å². The molecule has 4 rings (SSSR count). The number of nitrogens with one attached hydrogen (secondary N) is 1. The van der Waals surface area contributed by atoms with Crippen molar-refractivity contribution in [1.82, 2.24) is 10.2 Å². The molecule has 1 aromatic rings. The van der Waals surface area contributed by atoms with E-state index in [0.29, 0.717) is 5.02 Å². The van der Waals surface area contributed by atoms with Gasteiger partial charge in [0.15, 0.2) is 5.41 Å². The monoisotopic (exact) mass is 375 g/mol. The summed E-state index contributed by atoms with van der Waals surface area (Å²) in [6, 6.07) is 4.75. The van der Waals surface area contributed by atoms with E-state index in [0.717, 1.165) is 30.6 Å². The Balaban J connectivity index is 1.91. The third-order valence-corrected chi connectivity index (χ3v) is 6.12. The number of fused-ring (bicyclic) bond motifs is 4. The number of urea groups is 1. The maximum Gasteiger partial charge on any atom is 0.331 e. The number of amides is 4. The zero-order chi connectivity index (χ0) is 18.9. The lowest BCUT2D eigenvalue weighted by Gasteiger charge is -2.51. The molecule has 7 heteroatoms. The van der Waals surface area contributed by atoms with Gasteiger partial charge in [0.1, 0.15) is 0 Å². The van der Waals surface area contributed by atoms with Gasteiger partial charge in [-0.15, -0.1) is 0 Å². The minimum absolute atomic E-state index is 0.216. The van der Waals surface area contributed by atoms with E-state index in [9.17, 15) is 14.4 Å². The quantitative estimate of drug-likeness (QED) is 0.708. The zero-order valence-electron chi connectivity index (χ0n) is 15.1. The highest BCUT2D eigenvalue weighted by molar-refractivity contribution is 6.32. The number of hydrogen-bond donors (Lipinski definition) is 1. The predicted molar refractivity (Wildman–Crippen MR) is 98.1 cm³/mol. The van der Waals surface area contributed by atoms with Gasteiger partial charge in [-0.2, -0.15) is 0 Å². The van der Waals surface area contributed by atoms with Crippen LogP contribution < -0.4 is 10.2 Å². The Labute approximate surface area is 157 Å². The number of barbiturate groups is 1. The van der Waals surface area contributed by atoms with Gasteiger partial charge in [-0.25, -0.2) is 4.79 Å². The Morgan fingerprint density at radius 3 is 2.65 bits per heavy atom. The van der Waals surface area contributed by atoms with Gasteiger partial charge in [-0.3, -0.25) is 19.8 Å². The zero-order valence-corrected chi connectivity index (χ0v) is 15.9. The first-order valence-electron chi connectivity index (χ1n) is 8.92. The summed E-state index contributed by atoms with van der Waals surface area (Å²) in [5.74, 6) is -0.920. The average molecular weight is 376 g/mol. The molecular weight excluding hydrogens is 354 g/mol. The summed E-state index contributed by atoms with van der Waals surface area (Å²) in [6.07, 6.45) is 1.84. The maximum absolute atomic E-state index is 13.6. The molecule has 2 saturated heterocycles. The summed E-state index contributed by atoms with van der Waals surface area (Å²) in [5, 5.41) is 3.00. The van der Waals surface area contributed by atoms with Crippen LogP contribution >= 0.6 is 11.6 Å². The highest BCUT2D eigenvalue weighted by atomic mass is 35.5. The lowest BCUT2D eigenvalue weighted by molar-refractivity contribution is -0.156. The van der Waals surface area contributed by atoms with Crippen molar-refractivity contribution < 1.29 is 14.4 Å². The second-order valence-corrected chi connectivity index (χ2v) is 8.71. The van der Waals surface area contributed by atoms with E-state index in [-0.39, 0.29) is 12.5 Å². The van der Waals surface area contributed by atoms with Crippen LogP contribution in [-0.2, 0) is 16.0 Å². The number of carbonyl (C=O) groups is 3. The summed E-state index contributed by atoms with van der Waals surface area (Å²) >= 11 is 6.44. The van der Waals surface area contributed by atoms with Crippen LogP contribution in [0.5, 0.6) is 0 Å². The van der Waals surface area contributed by atoms with Crippen LogP contribution in [0.3, 0.4) is 0 Å². The van der Waals surface area contributed by atoms with Gasteiger partial charge in [0.25, 0.3) is 0 Å². The number of halogens is 1. The van der Waals surface area contributed by atoms with Gasteiger partial charge >= 0.3 is 6.03 Å². The van der Waals surface area contributed by atoms with E-state index in [1.807, 2.05) is 12.1 Å². The van der Waals surface area contributed by atoms with E-state index in [2.05, 4.69) is 10.2 Å². The molecule has 3 aliphatic rings. The summed E-state index contributed by atoms with van der Waals surface area (Å²) in [7, 11) is 0.